The first kappa shape index (κ1) is 20.0. The first-order valence-electron chi connectivity index (χ1n) is 9.81. The summed E-state index contributed by atoms with van der Waals surface area (Å²) in [5, 5.41) is 0.518. The summed E-state index contributed by atoms with van der Waals surface area (Å²) in [6.45, 7) is 0.382. The van der Waals surface area contributed by atoms with E-state index in [4.69, 9.17) is 16.3 Å². The molecule has 0 aromatic heterocycles. The summed E-state index contributed by atoms with van der Waals surface area (Å²) in [5.74, 6) is 0.712. The van der Waals surface area contributed by atoms with Crippen molar-refractivity contribution < 1.29 is 14.3 Å². The zero-order chi connectivity index (χ0) is 21.6. The molecule has 1 unspecified atom stereocenters. The Bertz CT molecular complexity index is 1200. The summed E-state index contributed by atoms with van der Waals surface area (Å²) in [6.07, 6.45) is 0. The summed E-state index contributed by atoms with van der Waals surface area (Å²) in [6, 6.07) is 22.4. The van der Waals surface area contributed by atoms with Crippen LogP contribution in [0.25, 0.3) is 0 Å². The summed E-state index contributed by atoms with van der Waals surface area (Å²) in [5.41, 5.74) is 3.19. The number of hydrogen-bond donors (Lipinski definition) is 0. The standard InChI is InChI=1S/C24H19ClN2O3S/c1-30-19-9-4-6-16(12-19)14-26-21-11-3-2-10-20(21)24(23(26)29)27(22(28)15-31-24)18-8-5-7-17(25)13-18/h2-13H,14-15H2,1H3. The Morgan fingerprint density at radius 2 is 1.84 bits per heavy atom. The number of thioether (sulfide) groups is 1. The Morgan fingerprint density at radius 1 is 1.03 bits per heavy atom. The van der Waals surface area contributed by atoms with E-state index in [1.807, 2.05) is 54.6 Å². The predicted molar refractivity (Wildman–Crippen MR) is 124 cm³/mol. The van der Waals surface area contributed by atoms with Crippen LogP contribution in [-0.2, 0) is 21.0 Å². The number of nitrogens with zero attached hydrogens (tertiary/aromatic N) is 2. The van der Waals surface area contributed by atoms with Gasteiger partial charge in [-0.2, -0.15) is 0 Å². The maximum atomic E-state index is 14.0. The number of halogens is 1. The van der Waals surface area contributed by atoms with Crippen LogP contribution in [0.4, 0.5) is 11.4 Å². The molecule has 1 saturated heterocycles. The summed E-state index contributed by atoms with van der Waals surface area (Å²) in [4.78, 5) is 29.3. The van der Waals surface area contributed by atoms with Crippen molar-refractivity contribution in [2.24, 2.45) is 0 Å². The average molecular weight is 451 g/mol. The second-order valence-corrected chi connectivity index (χ2v) is 9.01. The molecule has 1 fully saturated rings. The number of anilines is 2. The number of methoxy groups -OCH3 is 1. The van der Waals surface area contributed by atoms with E-state index in [0.717, 1.165) is 22.6 Å². The van der Waals surface area contributed by atoms with Crippen LogP contribution in [0, 0.1) is 0 Å². The van der Waals surface area contributed by atoms with Crippen LogP contribution in [0.1, 0.15) is 11.1 Å². The van der Waals surface area contributed by atoms with Gasteiger partial charge in [0.05, 0.1) is 25.1 Å². The Hall–Kier alpha value is -2.96. The van der Waals surface area contributed by atoms with Crippen molar-refractivity contribution in [2.45, 2.75) is 11.4 Å². The SMILES string of the molecule is COc1cccc(CN2C(=O)C3(SCC(=O)N3c3cccc(Cl)c3)c3ccccc32)c1. The van der Waals surface area contributed by atoms with E-state index in [9.17, 15) is 9.59 Å². The molecule has 1 spiro atoms. The maximum Gasteiger partial charge on any atom is 0.269 e. The third-order valence-corrected chi connectivity index (χ3v) is 7.23. The highest BCUT2D eigenvalue weighted by Crippen LogP contribution is 2.56. The van der Waals surface area contributed by atoms with Gasteiger partial charge in [0.1, 0.15) is 5.75 Å². The zero-order valence-electron chi connectivity index (χ0n) is 16.7. The molecule has 3 aromatic carbocycles. The number of carbonyl (C=O) groups excluding carboxylic acids is 2. The fourth-order valence-corrected chi connectivity index (χ4v) is 5.83. The molecular formula is C24H19ClN2O3S. The highest BCUT2D eigenvalue weighted by Gasteiger charge is 2.60. The molecule has 0 N–H and O–H groups in total. The molecule has 2 amide bonds. The molecule has 7 heteroatoms. The van der Waals surface area contributed by atoms with Crippen molar-refractivity contribution in [2.75, 3.05) is 22.7 Å². The van der Waals surface area contributed by atoms with Crippen LogP contribution in [0.5, 0.6) is 5.75 Å². The van der Waals surface area contributed by atoms with Gasteiger partial charge >= 0.3 is 0 Å². The van der Waals surface area contributed by atoms with Gasteiger partial charge < -0.3 is 9.64 Å². The lowest BCUT2D eigenvalue weighted by atomic mass is 10.0. The normalized spacial score (nSPS) is 19.9. The fourth-order valence-electron chi connectivity index (χ4n) is 4.28. The van der Waals surface area contributed by atoms with E-state index >= 15 is 0 Å². The van der Waals surface area contributed by atoms with Crippen LogP contribution in [0.3, 0.4) is 0 Å². The van der Waals surface area contributed by atoms with E-state index in [0.29, 0.717) is 17.3 Å². The van der Waals surface area contributed by atoms with Gasteiger partial charge in [0.15, 0.2) is 0 Å². The average Bonchev–Trinajstić information content (AvgIpc) is 3.25. The Balaban J connectivity index is 1.63. The second kappa shape index (κ2) is 7.62. The van der Waals surface area contributed by atoms with E-state index in [1.165, 1.54) is 11.8 Å². The lowest BCUT2D eigenvalue weighted by Crippen LogP contribution is -2.49. The second-order valence-electron chi connectivity index (χ2n) is 7.40. The topological polar surface area (TPSA) is 49.9 Å². The number of rotatable bonds is 4. The van der Waals surface area contributed by atoms with E-state index in [-0.39, 0.29) is 17.6 Å². The first-order chi connectivity index (χ1) is 15.0. The van der Waals surface area contributed by atoms with Crippen LogP contribution in [-0.4, -0.2) is 24.7 Å². The monoisotopic (exact) mass is 450 g/mol. The van der Waals surface area contributed by atoms with Crippen molar-refractivity contribution in [3.05, 3.63) is 88.9 Å². The number of amides is 2. The van der Waals surface area contributed by atoms with Gasteiger partial charge in [-0.1, -0.05) is 48.0 Å². The smallest absolute Gasteiger partial charge is 0.269 e. The first-order valence-corrected chi connectivity index (χ1v) is 11.2. The van der Waals surface area contributed by atoms with E-state index in [1.54, 1.807) is 35.1 Å². The highest BCUT2D eigenvalue weighted by atomic mass is 35.5. The molecular weight excluding hydrogens is 432 g/mol. The number of benzene rings is 3. The molecule has 5 rings (SSSR count). The van der Waals surface area contributed by atoms with Crippen LogP contribution < -0.4 is 14.5 Å². The molecule has 31 heavy (non-hydrogen) atoms. The van der Waals surface area contributed by atoms with E-state index < -0.39 is 4.87 Å². The van der Waals surface area contributed by atoms with Crippen molar-refractivity contribution in [3.8, 4) is 5.75 Å². The van der Waals surface area contributed by atoms with Gasteiger partial charge in [0.2, 0.25) is 10.8 Å². The largest absolute Gasteiger partial charge is 0.497 e. The van der Waals surface area contributed by atoms with Crippen LogP contribution in [0.2, 0.25) is 5.02 Å². The molecule has 5 nitrogen and oxygen atoms in total. The van der Waals surface area contributed by atoms with Crippen LogP contribution in [0.15, 0.2) is 72.8 Å². The minimum Gasteiger partial charge on any atom is -0.497 e. The zero-order valence-corrected chi connectivity index (χ0v) is 18.3. The highest BCUT2D eigenvalue weighted by molar-refractivity contribution is 8.02. The molecule has 3 aromatic rings. The molecule has 0 radical (unpaired) electrons. The third-order valence-electron chi connectivity index (χ3n) is 5.61. The van der Waals surface area contributed by atoms with Crippen molar-refractivity contribution in [1.29, 1.82) is 0 Å². The lowest BCUT2D eigenvalue weighted by Gasteiger charge is -2.33. The molecule has 2 heterocycles. The molecule has 2 aliphatic heterocycles. The molecule has 0 bridgehead atoms. The van der Waals surface area contributed by atoms with Gasteiger partial charge in [0, 0.05) is 16.3 Å². The van der Waals surface area contributed by atoms with Gasteiger partial charge in [-0.25, -0.2) is 0 Å². The lowest BCUT2D eigenvalue weighted by molar-refractivity contribution is -0.123. The summed E-state index contributed by atoms with van der Waals surface area (Å²) >= 11 is 7.57. The molecule has 0 aliphatic carbocycles. The quantitative estimate of drug-likeness (QED) is 0.571. The van der Waals surface area contributed by atoms with Gasteiger partial charge in [-0.05, 0) is 42.0 Å². The van der Waals surface area contributed by atoms with Crippen molar-refractivity contribution in [1.82, 2.24) is 0 Å². The fraction of sp³-hybridized carbons (Fsp3) is 0.167. The molecule has 156 valence electrons. The van der Waals surface area contributed by atoms with Gasteiger partial charge in [-0.3, -0.25) is 14.5 Å². The Labute approximate surface area is 189 Å². The number of hydrogen-bond acceptors (Lipinski definition) is 4. The van der Waals surface area contributed by atoms with Crippen LogP contribution >= 0.6 is 23.4 Å². The van der Waals surface area contributed by atoms with E-state index in [2.05, 4.69) is 0 Å². The maximum absolute atomic E-state index is 14.0. The minimum atomic E-state index is -1.14. The molecule has 1 atom stereocenters. The molecule has 2 aliphatic rings. The summed E-state index contributed by atoms with van der Waals surface area (Å²) in [7, 11) is 1.62. The number of ether oxygens (including phenoxy) is 1. The van der Waals surface area contributed by atoms with Crippen molar-refractivity contribution in [3.63, 3.8) is 0 Å². The van der Waals surface area contributed by atoms with Crippen molar-refractivity contribution >= 4 is 46.6 Å². The third kappa shape index (κ3) is 3.09. The van der Waals surface area contributed by atoms with Gasteiger partial charge in [0.25, 0.3) is 5.91 Å². The number of fused-ring (bicyclic) bond motifs is 2. The number of para-hydroxylation sites is 1. The van der Waals surface area contributed by atoms with Gasteiger partial charge in [-0.15, -0.1) is 11.8 Å². The Kier molecular flexibility index (Phi) is 4.91. The minimum absolute atomic E-state index is 0.112. The predicted octanol–water partition coefficient (Wildman–Crippen LogP) is 4.83. The Morgan fingerprint density at radius 3 is 2.65 bits per heavy atom. The number of carbonyl (C=O) groups is 2. The molecule has 0 saturated carbocycles. The summed E-state index contributed by atoms with van der Waals surface area (Å²) < 4.78 is 5.34.